The predicted molar refractivity (Wildman–Crippen MR) is 113 cm³/mol. The molecule has 2 unspecified atom stereocenters. The Kier molecular flexibility index (Phi) is 4.10. The molecule has 0 N–H and O–H groups in total. The van der Waals surface area contributed by atoms with E-state index in [2.05, 4.69) is 58.9 Å². The van der Waals surface area contributed by atoms with Crippen LogP contribution in [0.4, 0.5) is 0 Å². The lowest BCUT2D eigenvalue weighted by molar-refractivity contribution is 0.198. The molecule has 0 bridgehead atoms. The van der Waals surface area contributed by atoms with Crippen molar-refractivity contribution < 1.29 is 0 Å². The van der Waals surface area contributed by atoms with Gasteiger partial charge in [0.2, 0.25) is 0 Å². The summed E-state index contributed by atoms with van der Waals surface area (Å²) in [5, 5.41) is 2.16. The number of halogens is 1. The van der Waals surface area contributed by atoms with E-state index in [1.54, 1.807) is 0 Å². The van der Waals surface area contributed by atoms with Gasteiger partial charge in [-0.25, -0.2) is 0 Å². The van der Waals surface area contributed by atoms with Crippen LogP contribution < -0.4 is 0 Å². The summed E-state index contributed by atoms with van der Waals surface area (Å²) < 4.78 is 2.40. The highest BCUT2D eigenvalue weighted by Gasteiger charge is 2.39. The number of hydrogen-bond acceptors (Lipinski definition) is 2. The first-order chi connectivity index (χ1) is 13.1. The van der Waals surface area contributed by atoms with Crippen LogP contribution in [0.25, 0.3) is 22.7 Å². The van der Waals surface area contributed by atoms with Crippen molar-refractivity contribution in [3.8, 4) is 0 Å². The molecule has 4 heteroatoms. The monoisotopic (exact) mass is 377 g/mol. The zero-order valence-electron chi connectivity index (χ0n) is 15.8. The third-order valence-electron chi connectivity index (χ3n) is 6.38. The van der Waals surface area contributed by atoms with E-state index in [1.165, 1.54) is 52.6 Å². The molecule has 1 aliphatic heterocycles. The molecule has 2 aromatic heterocycles. The molecule has 27 heavy (non-hydrogen) atoms. The summed E-state index contributed by atoms with van der Waals surface area (Å²) >= 11 is 6.40. The molecular weight excluding hydrogens is 354 g/mol. The zero-order chi connectivity index (χ0) is 18.5. The third-order valence-corrected chi connectivity index (χ3v) is 6.62. The summed E-state index contributed by atoms with van der Waals surface area (Å²) in [6.45, 7) is 3.16. The highest BCUT2D eigenvalue weighted by Crippen LogP contribution is 2.47. The van der Waals surface area contributed by atoms with Gasteiger partial charge in [-0.3, -0.25) is 9.88 Å². The van der Waals surface area contributed by atoms with Gasteiger partial charge in [-0.1, -0.05) is 18.0 Å². The fourth-order valence-electron chi connectivity index (χ4n) is 5.13. The van der Waals surface area contributed by atoms with Crippen LogP contribution in [0.3, 0.4) is 0 Å². The molecule has 2 aliphatic rings. The predicted octanol–water partition coefficient (Wildman–Crippen LogP) is 5.79. The molecule has 1 aliphatic carbocycles. The van der Waals surface area contributed by atoms with Crippen LogP contribution in [0, 0.1) is 0 Å². The lowest BCUT2D eigenvalue weighted by Gasteiger charge is -2.35. The maximum atomic E-state index is 6.40. The number of allylic oxidation sites excluding steroid dienone is 1. The van der Waals surface area contributed by atoms with Crippen molar-refractivity contribution in [2.45, 2.75) is 44.7 Å². The summed E-state index contributed by atoms with van der Waals surface area (Å²) in [7, 11) is 2.28. The van der Waals surface area contributed by atoms with Crippen LogP contribution in [0.5, 0.6) is 0 Å². The molecular formula is C23H24ClN3. The van der Waals surface area contributed by atoms with Gasteiger partial charge in [-0.05, 0) is 73.8 Å². The quantitative estimate of drug-likeness (QED) is 0.563. The minimum atomic E-state index is 0.621. The largest absolute Gasteiger partial charge is 0.318 e. The minimum Gasteiger partial charge on any atom is -0.318 e. The standard InChI is InChI=1S/C23H24ClN3/c1-15(16-8-10-25-11-9-16)13-27-21-7-6-17(24)12-19(21)23-18-4-3-5-20(18)26(2)14-22(23)27/h6-13,18,20H,3-5,14H2,1-2H3/b15-13+. The fourth-order valence-corrected chi connectivity index (χ4v) is 5.30. The van der Waals surface area contributed by atoms with Gasteiger partial charge in [0.15, 0.2) is 0 Å². The molecule has 1 aromatic carbocycles. The van der Waals surface area contributed by atoms with Crippen LogP contribution in [0.1, 0.15) is 48.9 Å². The second-order valence-electron chi connectivity index (χ2n) is 7.96. The molecule has 3 aromatic rings. The van der Waals surface area contributed by atoms with Gasteiger partial charge in [-0.15, -0.1) is 0 Å². The number of rotatable bonds is 2. The average molecular weight is 378 g/mol. The van der Waals surface area contributed by atoms with Crippen LogP contribution in [0.2, 0.25) is 5.02 Å². The molecule has 0 amide bonds. The van der Waals surface area contributed by atoms with E-state index in [0.717, 1.165) is 11.6 Å². The summed E-state index contributed by atoms with van der Waals surface area (Å²) in [4.78, 5) is 6.69. The van der Waals surface area contributed by atoms with Crippen LogP contribution >= 0.6 is 11.6 Å². The Morgan fingerprint density at radius 3 is 2.81 bits per heavy atom. The normalized spacial score (nSPS) is 22.9. The highest BCUT2D eigenvalue weighted by molar-refractivity contribution is 6.31. The number of fused-ring (bicyclic) bond motifs is 5. The number of pyridine rings is 1. The molecule has 3 heterocycles. The Hall–Kier alpha value is -2.10. The van der Waals surface area contributed by atoms with E-state index in [4.69, 9.17) is 11.6 Å². The van der Waals surface area contributed by atoms with E-state index in [-0.39, 0.29) is 0 Å². The molecule has 0 saturated heterocycles. The van der Waals surface area contributed by atoms with Gasteiger partial charge in [0.25, 0.3) is 0 Å². The molecule has 0 radical (unpaired) electrons. The fraction of sp³-hybridized carbons (Fsp3) is 0.348. The lowest BCUT2D eigenvalue weighted by atomic mass is 9.87. The number of benzene rings is 1. The van der Waals surface area contributed by atoms with Crippen molar-refractivity contribution in [1.82, 2.24) is 14.5 Å². The minimum absolute atomic E-state index is 0.621. The Balaban J connectivity index is 1.75. The van der Waals surface area contributed by atoms with Gasteiger partial charge in [-0.2, -0.15) is 0 Å². The Bertz CT molecular complexity index is 1030. The van der Waals surface area contributed by atoms with E-state index < -0.39 is 0 Å². The maximum absolute atomic E-state index is 6.40. The van der Waals surface area contributed by atoms with E-state index in [9.17, 15) is 0 Å². The highest BCUT2D eigenvalue weighted by atomic mass is 35.5. The average Bonchev–Trinajstić information content (AvgIpc) is 3.26. The molecule has 138 valence electrons. The van der Waals surface area contributed by atoms with Gasteiger partial charge in [0.05, 0.1) is 5.52 Å². The first-order valence-corrected chi connectivity index (χ1v) is 10.1. The zero-order valence-corrected chi connectivity index (χ0v) is 16.6. The second-order valence-corrected chi connectivity index (χ2v) is 8.40. The summed E-state index contributed by atoms with van der Waals surface area (Å²) in [5.74, 6) is 0.621. The maximum Gasteiger partial charge on any atom is 0.0530 e. The number of aromatic nitrogens is 2. The molecule has 2 atom stereocenters. The molecule has 0 spiro atoms. The van der Waals surface area contributed by atoms with E-state index >= 15 is 0 Å². The Labute approximate surface area is 165 Å². The van der Waals surface area contributed by atoms with Crippen molar-refractivity contribution in [1.29, 1.82) is 0 Å². The number of nitrogens with zero attached hydrogens (tertiary/aromatic N) is 3. The Morgan fingerprint density at radius 2 is 2.00 bits per heavy atom. The van der Waals surface area contributed by atoms with Crippen LogP contribution in [0.15, 0.2) is 42.7 Å². The van der Waals surface area contributed by atoms with Gasteiger partial charge in [0, 0.05) is 53.2 Å². The van der Waals surface area contributed by atoms with E-state index in [0.29, 0.717) is 12.0 Å². The van der Waals surface area contributed by atoms with Crippen LogP contribution in [-0.2, 0) is 6.54 Å². The topological polar surface area (TPSA) is 21.1 Å². The van der Waals surface area contributed by atoms with Crippen molar-refractivity contribution in [3.05, 3.63) is 64.6 Å². The first kappa shape index (κ1) is 17.0. The molecule has 1 saturated carbocycles. The van der Waals surface area contributed by atoms with Crippen molar-refractivity contribution in [2.75, 3.05) is 7.05 Å². The van der Waals surface area contributed by atoms with Crippen molar-refractivity contribution >= 4 is 34.3 Å². The molecule has 1 fully saturated rings. The third kappa shape index (κ3) is 2.72. The summed E-state index contributed by atoms with van der Waals surface area (Å²) in [6.07, 6.45) is 9.89. The van der Waals surface area contributed by atoms with E-state index in [1.807, 2.05) is 18.5 Å². The van der Waals surface area contributed by atoms with Gasteiger partial charge >= 0.3 is 0 Å². The van der Waals surface area contributed by atoms with Crippen LogP contribution in [-0.4, -0.2) is 27.5 Å². The smallest absolute Gasteiger partial charge is 0.0530 e. The number of hydrogen-bond donors (Lipinski definition) is 0. The summed E-state index contributed by atoms with van der Waals surface area (Å²) in [5.41, 5.74) is 6.66. The number of likely N-dealkylation sites (N-methyl/N-ethyl adjacent to an activating group) is 1. The Morgan fingerprint density at radius 1 is 1.19 bits per heavy atom. The SMILES string of the molecule is C/C(=C\n1c2c(c3cc(Cl)ccc31)C1CCCC1N(C)C2)c1ccncc1. The lowest BCUT2D eigenvalue weighted by Crippen LogP contribution is -2.38. The molecule has 5 rings (SSSR count). The molecule has 3 nitrogen and oxygen atoms in total. The second kappa shape index (κ2) is 6.50. The summed E-state index contributed by atoms with van der Waals surface area (Å²) in [6, 6.07) is 11.2. The first-order valence-electron chi connectivity index (χ1n) is 9.75. The van der Waals surface area contributed by atoms with Crippen molar-refractivity contribution in [3.63, 3.8) is 0 Å². The van der Waals surface area contributed by atoms with Gasteiger partial charge in [0.1, 0.15) is 0 Å². The van der Waals surface area contributed by atoms with Gasteiger partial charge < -0.3 is 4.57 Å². The van der Waals surface area contributed by atoms with Crippen molar-refractivity contribution in [2.24, 2.45) is 0 Å².